The van der Waals surface area contributed by atoms with Crippen LogP contribution in [0.5, 0.6) is 0 Å². The Morgan fingerprint density at radius 3 is 2.92 bits per heavy atom. The first-order valence-corrected chi connectivity index (χ1v) is 9.16. The average Bonchev–Trinajstić information content (AvgIpc) is 3.40. The third-order valence-electron chi connectivity index (χ3n) is 5.40. The Balaban J connectivity index is 1.67. The number of hydrogen-bond acceptors (Lipinski definition) is 4. The minimum atomic E-state index is 0.102. The van der Waals surface area contributed by atoms with Gasteiger partial charge in [0.05, 0.1) is 17.9 Å². The average molecular weight is 352 g/mol. The lowest BCUT2D eigenvalue weighted by molar-refractivity contribution is -0.130. The molecule has 0 bridgehead atoms. The number of rotatable bonds is 5. The SMILES string of the molecule is CN(C)C(=O)CC(C1CCCC1)n1cc(-c2ncnc3[nH]ccc23)cn1. The van der Waals surface area contributed by atoms with E-state index in [1.165, 1.54) is 12.8 Å². The summed E-state index contributed by atoms with van der Waals surface area (Å²) in [4.78, 5) is 25.8. The normalized spacial score (nSPS) is 16.2. The van der Waals surface area contributed by atoms with Gasteiger partial charge in [0.2, 0.25) is 5.91 Å². The zero-order chi connectivity index (χ0) is 18.1. The Hall–Kier alpha value is -2.70. The van der Waals surface area contributed by atoms with Crippen molar-refractivity contribution in [3.8, 4) is 11.3 Å². The molecule has 1 aliphatic carbocycles. The highest BCUT2D eigenvalue weighted by molar-refractivity contribution is 5.90. The molecular formula is C19H24N6O. The number of carbonyl (C=O) groups is 1. The number of aromatic nitrogens is 5. The van der Waals surface area contributed by atoms with Crippen molar-refractivity contribution < 1.29 is 4.79 Å². The summed E-state index contributed by atoms with van der Waals surface area (Å²) in [6.07, 6.45) is 12.6. The van der Waals surface area contributed by atoms with E-state index in [4.69, 9.17) is 0 Å². The number of carbonyl (C=O) groups excluding carboxylic acids is 1. The highest BCUT2D eigenvalue weighted by Gasteiger charge is 2.29. The van der Waals surface area contributed by atoms with E-state index in [1.807, 2.05) is 43.4 Å². The van der Waals surface area contributed by atoms with Crippen LogP contribution in [0.1, 0.15) is 38.1 Å². The van der Waals surface area contributed by atoms with Gasteiger partial charge in [-0.15, -0.1) is 0 Å². The first-order chi connectivity index (χ1) is 12.6. The van der Waals surface area contributed by atoms with E-state index in [0.717, 1.165) is 35.1 Å². The van der Waals surface area contributed by atoms with E-state index in [-0.39, 0.29) is 11.9 Å². The fraction of sp³-hybridized carbons (Fsp3) is 0.474. The first-order valence-electron chi connectivity index (χ1n) is 9.16. The molecule has 26 heavy (non-hydrogen) atoms. The van der Waals surface area contributed by atoms with Gasteiger partial charge in [-0.05, 0) is 24.8 Å². The van der Waals surface area contributed by atoms with Crippen molar-refractivity contribution in [3.05, 3.63) is 31.0 Å². The fourth-order valence-electron chi connectivity index (χ4n) is 3.92. The fourth-order valence-corrected chi connectivity index (χ4v) is 3.92. The molecule has 0 aliphatic heterocycles. The lowest BCUT2D eigenvalue weighted by atomic mass is 9.95. The third-order valence-corrected chi connectivity index (χ3v) is 5.40. The van der Waals surface area contributed by atoms with Gasteiger partial charge in [0.25, 0.3) is 0 Å². The summed E-state index contributed by atoms with van der Waals surface area (Å²) in [5.74, 6) is 0.651. The van der Waals surface area contributed by atoms with Gasteiger partial charge in [-0.3, -0.25) is 9.48 Å². The maximum absolute atomic E-state index is 12.4. The number of aromatic amines is 1. The van der Waals surface area contributed by atoms with Crippen LogP contribution in [0, 0.1) is 5.92 Å². The zero-order valence-corrected chi connectivity index (χ0v) is 15.2. The minimum absolute atomic E-state index is 0.102. The van der Waals surface area contributed by atoms with Crippen LogP contribution in [0.4, 0.5) is 0 Å². The van der Waals surface area contributed by atoms with Crippen LogP contribution < -0.4 is 0 Å². The monoisotopic (exact) mass is 352 g/mol. The van der Waals surface area contributed by atoms with E-state index in [9.17, 15) is 4.79 Å². The number of hydrogen-bond donors (Lipinski definition) is 1. The van der Waals surface area contributed by atoms with E-state index in [0.29, 0.717) is 12.3 Å². The first kappa shape index (κ1) is 16.8. The molecule has 1 saturated carbocycles. The predicted octanol–water partition coefficient (Wildman–Crippen LogP) is 3.03. The lowest BCUT2D eigenvalue weighted by Gasteiger charge is -2.25. The largest absolute Gasteiger partial charge is 0.349 e. The quantitative estimate of drug-likeness (QED) is 0.765. The van der Waals surface area contributed by atoms with Gasteiger partial charge in [-0.1, -0.05) is 12.8 Å². The smallest absolute Gasteiger partial charge is 0.224 e. The Labute approximate surface area is 152 Å². The topological polar surface area (TPSA) is 79.7 Å². The summed E-state index contributed by atoms with van der Waals surface area (Å²) in [6, 6.07) is 2.08. The number of H-pyrrole nitrogens is 1. The molecule has 1 aliphatic rings. The van der Waals surface area contributed by atoms with Crippen molar-refractivity contribution in [1.29, 1.82) is 0 Å². The third kappa shape index (κ3) is 3.09. The summed E-state index contributed by atoms with van der Waals surface area (Å²) >= 11 is 0. The van der Waals surface area contributed by atoms with Crippen LogP contribution in [-0.2, 0) is 4.79 Å². The highest BCUT2D eigenvalue weighted by Crippen LogP contribution is 2.37. The van der Waals surface area contributed by atoms with Crippen LogP contribution in [-0.4, -0.2) is 49.6 Å². The summed E-state index contributed by atoms with van der Waals surface area (Å²) in [6.45, 7) is 0. The van der Waals surface area contributed by atoms with Crippen LogP contribution >= 0.6 is 0 Å². The van der Waals surface area contributed by atoms with Gasteiger partial charge in [-0.25, -0.2) is 9.97 Å². The van der Waals surface area contributed by atoms with Gasteiger partial charge in [0.15, 0.2) is 0 Å². The Morgan fingerprint density at radius 1 is 1.35 bits per heavy atom. The molecule has 3 aromatic heterocycles. The maximum Gasteiger partial charge on any atom is 0.224 e. The van der Waals surface area contributed by atoms with Crippen LogP contribution in [0.2, 0.25) is 0 Å². The van der Waals surface area contributed by atoms with Crippen molar-refractivity contribution in [2.75, 3.05) is 14.1 Å². The molecule has 1 atom stereocenters. The molecule has 0 radical (unpaired) electrons. The van der Waals surface area contributed by atoms with Gasteiger partial charge in [-0.2, -0.15) is 5.10 Å². The predicted molar refractivity (Wildman–Crippen MR) is 99.4 cm³/mol. The molecule has 3 aromatic rings. The van der Waals surface area contributed by atoms with Gasteiger partial charge < -0.3 is 9.88 Å². The van der Waals surface area contributed by atoms with Crippen molar-refractivity contribution in [1.82, 2.24) is 29.6 Å². The van der Waals surface area contributed by atoms with E-state index in [2.05, 4.69) is 20.1 Å². The molecule has 1 unspecified atom stereocenters. The molecule has 4 rings (SSSR count). The molecule has 7 heteroatoms. The minimum Gasteiger partial charge on any atom is -0.349 e. The molecule has 136 valence electrons. The maximum atomic E-state index is 12.4. The van der Waals surface area contributed by atoms with Crippen molar-refractivity contribution >= 4 is 16.9 Å². The molecule has 3 heterocycles. The highest BCUT2D eigenvalue weighted by atomic mass is 16.2. The van der Waals surface area contributed by atoms with Crippen molar-refractivity contribution in [2.45, 2.75) is 38.1 Å². The van der Waals surface area contributed by atoms with Crippen LogP contribution in [0.25, 0.3) is 22.3 Å². The Kier molecular flexibility index (Phi) is 4.44. The van der Waals surface area contributed by atoms with E-state index >= 15 is 0 Å². The standard InChI is InChI=1S/C19H24N6O/c1-24(2)17(26)9-16(13-5-3-4-6-13)25-11-14(10-23-25)18-15-7-8-20-19(15)22-12-21-18/h7-8,10-13,16H,3-6,9H2,1-2H3,(H,20,21,22). The van der Waals surface area contributed by atoms with Crippen LogP contribution in [0.3, 0.4) is 0 Å². The van der Waals surface area contributed by atoms with Gasteiger partial charge in [0.1, 0.15) is 12.0 Å². The second-order valence-corrected chi connectivity index (χ2v) is 7.28. The Bertz CT molecular complexity index is 906. The number of nitrogens with zero attached hydrogens (tertiary/aromatic N) is 5. The zero-order valence-electron chi connectivity index (χ0n) is 15.2. The summed E-state index contributed by atoms with van der Waals surface area (Å²) in [5, 5.41) is 5.60. The summed E-state index contributed by atoms with van der Waals surface area (Å²) in [5.41, 5.74) is 2.64. The summed E-state index contributed by atoms with van der Waals surface area (Å²) < 4.78 is 1.98. The molecule has 0 saturated heterocycles. The summed E-state index contributed by atoms with van der Waals surface area (Å²) in [7, 11) is 3.62. The number of nitrogens with one attached hydrogen (secondary N) is 1. The molecule has 0 spiro atoms. The molecular weight excluding hydrogens is 328 g/mol. The second-order valence-electron chi connectivity index (χ2n) is 7.28. The molecule has 7 nitrogen and oxygen atoms in total. The van der Waals surface area contributed by atoms with E-state index in [1.54, 1.807) is 11.2 Å². The Morgan fingerprint density at radius 2 is 2.15 bits per heavy atom. The van der Waals surface area contributed by atoms with Gasteiger partial charge >= 0.3 is 0 Å². The molecule has 1 N–H and O–H groups in total. The molecule has 0 aromatic carbocycles. The van der Waals surface area contributed by atoms with Crippen molar-refractivity contribution in [2.24, 2.45) is 5.92 Å². The van der Waals surface area contributed by atoms with E-state index < -0.39 is 0 Å². The van der Waals surface area contributed by atoms with Gasteiger partial charge in [0, 0.05) is 43.9 Å². The number of amides is 1. The van der Waals surface area contributed by atoms with Crippen molar-refractivity contribution in [3.63, 3.8) is 0 Å². The van der Waals surface area contributed by atoms with Crippen LogP contribution in [0.15, 0.2) is 31.0 Å². The molecule has 1 fully saturated rings. The number of fused-ring (bicyclic) bond motifs is 1. The lowest BCUT2D eigenvalue weighted by Crippen LogP contribution is -2.28. The molecule has 1 amide bonds. The second kappa shape index (κ2) is 6.90.